The molecule has 0 amide bonds. The van der Waals surface area contributed by atoms with Crippen LogP contribution in [0.15, 0.2) is 46.9 Å². The average Bonchev–Trinajstić information content (AvgIpc) is 2.58. The second kappa shape index (κ2) is 9.84. The number of hydrogen-bond acceptors (Lipinski definition) is 3. The molecule has 0 aliphatic heterocycles. The fourth-order valence-electron chi connectivity index (χ4n) is 2.29. The number of anilines is 1. The van der Waals surface area contributed by atoms with Gasteiger partial charge in [0.05, 0.1) is 0 Å². The molecule has 0 aliphatic rings. The van der Waals surface area contributed by atoms with Crippen molar-refractivity contribution in [2.75, 3.05) is 38.1 Å². The van der Waals surface area contributed by atoms with E-state index < -0.39 is 0 Å². The summed E-state index contributed by atoms with van der Waals surface area (Å²) in [6, 6.07) is 14.3. The molecule has 0 atom stereocenters. The summed E-state index contributed by atoms with van der Waals surface area (Å²) in [7, 11) is 2.10. The van der Waals surface area contributed by atoms with Crippen LogP contribution in [-0.2, 0) is 0 Å². The Bertz CT molecular complexity index is 688. The van der Waals surface area contributed by atoms with Gasteiger partial charge < -0.3 is 16.0 Å². The molecule has 0 aliphatic carbocycles. The number of benzene rings is 2. The van der Waals surface area contributed by atoms with E-state index in [2.05, 4.69) is 69.6 Å². The van der Waals surface area contributed by atoms with Crippen LogP contribution in [0.2, 0.25) is 5.02 Å². The van der Waals surface area contributed by atoms with Crippen LogP contribution >= 0.6 is 27.5 Å². The monoisotopic (exact) mass is 407 g/mol. The minimum Gasteiger partial charge on any atom is -0.373 e. The number of nitrogens with two attached hydrogens (primary N) is 1. The van der Waals surface area contributed by atoms with Crippen LogP contribution in [0, 0.1) is 0 Å². The smallest absolute Gasteiger partial charge is 0.0417 e. The number of rotatable bonds is 8. The van der Waals surface area contributed by atoms with Gasteiger partial charge in [0.1, 0.15) is 0 Å². The van der Waals surface area contributed by atoms with Crippen molar-refractivity contribution in [1.82, 2.24) is 5.32 Å². The van der Waals surface area contributed by atoms with Gasteiger partial charge in [0.2, 0.25) is 0 Å². The van der Waals surface area contributed by atoms with Crippen LogP contribution < -0.4 is 16.0 Å². The van der Waals surface area contributed by atoms with Crippen molar-refractivity contribution in [2.24, 2.45) is 5.73 Å². The molecule has 24 heavy (non-hydrogen) atoms. The summed E-state index contributed by atoms with van der Waals surface area (Å²) in [5.41, 5.74) is 8.94. The Morgan fingerprint density at radius 2 is 2.00 bits per heavy atom. The third-order valence-corrected chi connectivity index (χ3v) is 4.60. The van der Waals surface area contributed by atoms with Crippen molar-refractivity contribution in [3.8, 4) is 0 Å². The van der Waals surface area contributed by atoms with Crippen LogP contribution in [0.4, 0.5) is 5.69 Å². The molecular weight excluding hydrogens is 386 g/mol. The summed E-state index contributed by atoms with van der Waals surface area (Å²) in [4.78, 5) is 2.24. The van der Waals surface area contributed by atoms with Gasteiger partial charge in [-0.2, -0.15) is 0 Å². The molecule has 0 heterocycles. The molecular formula is C19H23BrClN3. The third-order valence-electron chi connectivity index (χ3n) is 3.67. The molecule has 3 N–H and O–H groups in total. The molecule has 3 nitrogen and oxygen atoms in total. The minimum atomic E-state index is 0.671. The predicted octanol–water partition coefficient (Wildman–Crippen LogP) is 4.26. The first-order valence-electron chi connectivity index (χ1n) is 7.95. The first-order valence-corrected chi connectivity index (χ1v) is 9.12. The van der Waals surface area contributed by atoms with Gasteiger partial charge in [0, 0.05) is 48.4 Å². The van der Waals surface area contributed by atoms with Crippen LogP contribution in [0.25, 0.3) is 12.2 Å². The summed E-state index contributed by atoms with van der Waals surface area (Å²) in [5.74, 6) is 0. The molecule has 0 unspecified atom stereocenters. The lowest BCUT2D eigenvalue weighted by Gasteiger charge is -2.20. The number of nitrogens with zero attached hydrogens (tertiary/aromatic N) is 1. The van der Waals surface area contributed by atoms with E-state index in [9.17, 15) is 0 Å². The zero-order valence-electron chi connectivity index (χ0n) is 13.8. The third kappa shape index (κ3) is 5.95. The van der Waals surface area contributed by atoms with Crippen molar-refractivity contribution < 1.29 is 0 Å². The Kier molecular flexibility index (Phi) is 7.79. The highest BCUT2D eigenvalue weighted by molar-refractivity contribution is 9.10. The normalized spacial score (nSPS) is 11.2. The molecule has 128 valence electrons. The van der Waals surface area contributed by atoms with Gasteiger partial charge in [-0.1, -0.05) is 57.9 Å². The zero-order valence-corrected chi connectivity index (χ0v) is 16.1. The van der Waals surface area contributed by atoms with Crippen molar-refractivity contribution in [2.45, 2.75) is 0 Å². The standard InChI is InChI=1S/C19H23BrClN3/c1-24(12-11-23-10-9-22)18-4-2-3-15(13-18)5-6-16-7-8-17(21)14-19(16)20/h2-8,13-14,23H,9-12,22H2,1H3/b6-5+. The second-order valence-corrected chi connectivity index (χ2v) is 6.85. The second-order valence-electron chi connectivity index (χ2n) is 5.55. The first kappa shape index (κ1) is 19.0. The van der Waals surface area contributed by atoms with Crippen molar-refractivity contribution in [3.05, 3.63) is 63.1 Å². The number of hydrogen-bond donors (Lipinski definition) is 2. The van der Waals surface area contributed by atoms with E-state index in [1.54, 1.807) is 0 Å². The lowest BCUT2D eigenvalue weighted by Crippen LogP contribution is -2.31. The van der Waals surface area contributed by atoms with E-state index in [1.807, 2.05) is 18.2 Å². The average molecular weight is 409 g/mol. The van der Waals surface area contributed by atoms with Gasteiger partial charge >= 0.3 is 0 Å². The van der Waals surface area contributed by atoms with Crippen LogP contribution in [0.3, 0.4) is 0 Å². The Morgan fingerprint density at radius 3 is 2.75 bits per heavy atom. The van der Waals surface area contributed by atoms with E-state index in [-0.39, 0.29) is 0 Å². The van der Waals surface area contributed by atoms with Crippen molar-refractivity contribution >= 4 is 45.4 Å². The molecule has 5 heteroatoms. The Morgan fingerprint density at radius 1 is 1.17 bits per heavy atom. The quantitative estimate of drug-likeness (QED) is 0.506. The Hall–Kier alpha value is -1.33. The van der Waals surface area contributed by atoms with Crippen molar-refractivity contribution in [1.29, 1.82) is 0 Å². The predicted molar refractivity (Wildman–Crippen MR) is 110 cm³/mol. The SMILES string of the molecule is CN(CCNCCN)c1cccc(/C=C/c2ccc(Cl)cc2Br)c1. The molecule has 0 radical (unpaired) electrons. The lowest BCUT2D eigenvalue weighted by molar-refractivity contribution is 0.682. The Balaban J connectivity index is 2.02. The minimum absolute atomic E-state index is 0.671. The molecule has 2 aromatic rings. The van der Waals surface area contributed by atoms with E-state index in [0.717, 1.165) is 40.3 Å². The van der Waals surface area contributed by atoms with Gasteiger partial charge in [-0.05, 0) is 35.4 Å². The van der Waals surface area contributed by atoms with Crippen LogP contribution in [0.1, 0.15) is 11.1 Å². The number of halogens is 2. The van der Waals surface area contributed by atoms with Gasteiger partial charge in [-0.15, -0.1) is 0 Å². The van der Waals surface area contributed by atoms with Crippen LogP contribution in [-0.4, -0.2) is 33.2 Å². The van der Waals surface area contributed by atoms with Crippen LogP contribution in [0.5, 0.6) is 0 Å². The van der Waals surface area contributed by atoms with Gasteiger partial charge in [-0.3, -0.25) is 0 Å². The number of likely N-dealkylation sites (N-methyl/N-ethyl adjacent to an activating group) is 1. The summed E-state index contributed by atoms with van der Waals surface area (Å²) in [5, 5.41) is 4.04. The highest BCUT2D eigenvalue weighted by atomic mass is 79.9. The molecule has 0 bridgehead atoms. The molecule has 0 spiro atoms. The maximum Gasteiger partial charge on any atom is 0.0417 e. The highest BCUT2D eigenvalue weighted by Gasteiger charge is 2.01. The van der Waals surface area contributed by atoms with E-state index in [1.165, 1.54) is 5.69 Å². The van der Waals surface area contributed by atoms with Gasteiger partial charge in [-0.25, -0.2) is 0 Å². The highest BCUT2D eigenvalue weighted by Crippen LogP contribution is 2.24. The van der Waals surface area contributed by atoms with E-state index in [0.29, 0.717) is 6.54 Å². The topological polar surface area (TPSA) is 41.3 Å². The molecule has 0 fully saturated rings. The number of nitrogens with one attached hydrogen (secondary N) is 1. The lowest BCUT2D eigenvalue weighted by atomic mass is 10.1. The Labute approximate surface area is 157 Å². The molecule has 0 aromatic heterocycles. The summed E-state index contributed by atoms with van der Waals surface area (Å²) in [6.07, 6.45) is 4.19. The van der Waals surface area contributed by atoms with E-state index >= 15 is 0 Å². The first-order chi connectivity index (χ1) is 11.6. The largest absolute Gasteiger partial charge is 0.373 e. The maximum atomic E-state index is 5.98. The summed E-state index contributed by atoms with van der Waals surface area (Å²) < 4.78 is 0.991. The van der Waals surface area contributed by atoms with Gasteiger partial charge in [0.25, 0.3) is 0 Å². The van der Waals surface area contributed by atoms with Gasteiger partial charge in [0.15, 0.2) is 0 Å². The fraction of sp³-hybridized carbons (Fsp3) is 0.263. The summed E-state index contributed by atoms with van der Waals surface area (Å²) in [6.45, 7) is 3.39. The fourth-order valence-corrected chi connectivity index (χ4v) is 3.11. The molecule has 0 saturated heterocycles. The summed E-state index contributed by atoms with van der Waals surface area (Å²) >= 11 is 9.52. The van der Waals surface area contributed by atoms with E-state index in [4.69, 9.17) is 17.3 Å². The molecule has 2 rings (SSSR count). The molecule has 2 aromatic carbocycles. The molecule has 0 saturated carbocycles. The van der Waals surface area contributed by atoms with Crippen molar-refractivity contribution in [3.63, 3.8) is 0 Å². The maximum absolute atomic E-state index is 5.98. The zero-order chi connectivity index (χ0) is 17.4.